The molecule has 2 aromatic rings. The van der Waals surface area contributed by atoms with E-state index in [4.69, 9.17) is 0 Å². The molecule has 0 aliphatic carbocycles. The number of carbonyl (C=O) groups excluding carboxylic acids is 1. The molecular weight excluding hydrogens is 404 g/mol. The Bertz CT molecular complexity index is 963. The van der Waals surface area contributed by atoms with Crippen LogP contribution in [0.1, 0.15) is 40.0 Å². The minimum atomic E-state index is -3.57. The Hall–Kier alpha value is -1.70. The third-order valence-corrected chi connectivity index (χ3v) is 9.08. The molecule has 29 heavy (non-hydrogen) atoms. The largest absolute Gasteiger partial charge is 0.340 e. The summed E-state index contributed by atoms with van der Waals surface area (Å²) in [5, 5.41) is 2.01. The monoisotopic (exact) mass is 434 g/mol. The number of nitrogens with zero attached hydrogens (tertiary/aromatic N) is 2. The van der Waals surface area contributed by atoms with E-state index in [1.807, 2.05) is 58.3 Å². The van der Waals surface area contributed by atoms with Gasteiger partial charge < -0.3 is 4.90 Å². The fourth-order valence-electron chi connectivity index (χ4n) is 4.07. The van der Waals surface area contributed by atoms with E-state index in [1.165, 1.54) is 0 Å². The second kappa shape index (κ2) is 8.58. The Morgan fingerprint density at radius 1 is 1.14 bits per heavy atom. The van der Waals surface area contributed by atoms with E-state index in [-0.39, 0.29) is 11.8 Å². The lowest BCUT2D eigenvalue weighted by molar-refractivity contribution is -0.135. The number of sulfonamides is 1. The van der Waals surface area contributed by atoms with Gasteiger partial charge in [-0.2, -0.15) is 4.31 Å². The van der Waals surface area contributed by atoms with Gasteiger partial charge in [0, 0.05) is 30.9 Å². The van der Waals surface area contributed by atoms with Crippen molar-refractivity contribution < 1.29 is 13.2 Å². The van der Waals surface area contributed by atoms with Crippen molar-refractivity contribution in [3.8, 4) is 0 Å². The Labute approximate surface area is 178 Å². The first-order valence-corrected chi connectivity index (χ1v) is 12.3. The van der Waals surface area contributed by atoms with Gasteiger partial charge in [-0.25, -0.2) is 8.42 Å². The lowest BCUT2D eigenvalue weighted by Gasteiger charge is -2.33. The summed E-state index contributed by atoms with van der Waals surface area (Å²) in [4.78, 5) is 16.2. The van der Waals surface area contributed by atoms with Gasteiger partial charge in [-0.1, -0.05) is 12.1 Å². The molecule has 1 fully saturated rings. The molecule has 1 aromatic heterocycles. The minimum Gasteiger partial charge on any atom is -0.340 e. The van der Waals surface area contributed by atoms with Gasteiger partial charge in [0.2, 0.25) is 15.9 Å². The van der Waals surface area contributed by atoms with Gasteiger partial charge >= 0.3 is 0 Å². The van der Waals surface area contributed by atoms with Crippen LogP contribution >= 0.6 is 11.3 Å². The summed E-state index contributed by atoms with van der Waals surface area (Å²) < 4.78 is 28.3. The van der Waals surface area contributed by atoms with Crippen LogP contribution in [0.15, 0.2) is 28.5 Å². The predicted octanol–water partition coefficient (Wildman–Crippen LogP) is 4.04. The SMILES string of the molecule is Cc1cc(C)c(C)c(S(=O)(=O)N2CCC(C(=O)N(C)Cc3cccs3)CC2)c1C. The average Bonchev–Trinajstić information content (AvgIpc) is 3.19. The van der Waals surface area contributed by atoms with Gasteiger partial charge in [0.25, 0.3) is 0 Å². The third-order valence-electron chi connectivity index (χ3n) is 6.05. The van der Waals surface area contributed by atoms with E-state index < -0.39 is 10.0 Å². The van der Waals surface area contributed by atoms with E-state index in [1.54, 1.807) is 20.5 Å². The molecule has 2 heterocycles. The molecule has 3 rings (SSSR count). The van der Waals surface area contributed by atoms with Gasteiger partial charge in [-0.05, 0) is 74.2 Å². The number of rotatable bonds is 5. The molecule has 158 valence electrons. The quantitative estimate of drug-likeness (QED) is 0.714. The van der Waals surface area contributed by atoms with Gasteiger partial charge in [-0.15, -0.1) is 11.3 Å². The molecule has 0 saturated carbocycles. The second-order valence-corrected chi connectivity index (χ2v) is 10.9. The zero-order valence-electron chi connectivity index (χ0n) is 17.9. The number of piperidine rings is 1. The summed E-state index contributed by atoms with van der Waals surface area (Å²) in [6.07, 6.45) is 1.13. The summed E-state index contributed by atoms with van der Waals surface area (Å²) >= 11 is 1.64. The molecule has 5 nitrogen and oxygen atoms in total. The number of hydrogen-bond acceptors (Lipinski definition) is 4. The Balaban J connectivity index is 1.71. The van der Waals surface area contributed by atoms with E-state index in [0.717, 1.165) is 27.1 Å². The normalized spacial score (nSPS) is 16.2. The number of thiophene rings is 1. The number of hydrogen-bond donors (Lipinski definition) is 0. The van der Waals surface area contributed by atoms with Gasteiger partial charge in [0.15, 0.2) is 0 Å². The second-order valence-electron chi connectivity index (χ2n) is 8.04. The predicted molar refractivity (Wildman–Crippen MR) is 118 cm³/mol. The van der Waals surface area contributed by atoms with Crippen molar-refractivity contribution in [2.24, 2.45) is 5.92 Å². The Morgan fingerprint density at radius 3 is 2.24 bits per heavy atom. The van der Waals surface area contributed by atoms with Crippen LogP contribution in [0.3, 0.4) is 0 Å². The molecule has 1 aromatic carbocycles. The molecule has 0 unspecified atom stereocenters. The first kappa shape index (κ1) is 22.0. The first-order chi connectivity index (χ1) is 13.6. The summed E-state index contributed by atoms with van der Waals surface area (Å²) in [5.74, 6) is -0.0120. The molecule has 0 N–H and O–H groups in total. The maximum atomic E-state index is 13.4. The highest BCUT2D eigenvalue weighted by Crippen LogP contribution is 2.31. The van der Waals surface area contributed by atoms with E-state index >= 15 is 0 Å². The highest BCUT2D eigenvalue weighted by molar-refractivity contribution is 7.89. The molecule has 0 bridgehead atoms. The van der Waals surface area contributed by atoms with Crippen LogP contribution in [0, 0.1) is 33.6 Å². The molecule has 7 heteroatoms. The summed E-state index contributed by atoms with van der Waals surface area (Å²) in [7, 11) is -1.74. The zero-order chi connectivity index (χ0) is 21.3. The summed E-state index contributed by atoms with van der Waals surface area (Å²) in [5.41, 5.74) is 3.63. The van der Waals surface area contributed by atoms with Crippen molar-refractivity contribution in [2.45, 2.75) is 52.0 Å². The molecule has 0 atom stereocenters. The number of amides is 1. The van der Waals surface area contributed by atoms with E-state index in [2.05, 4.69) is 0 Å². The van der Waals surface area contributed by atoms with E-state index in [9.17, 15) is 13.2 Å². The minimum absolute atomic E-state index is 0.106. The third kappa shape index (κ3) is 4.42. The Morgan fingerprint density at radius 2 is 1.72 bits per heavy atom. The van der Waals surface area contributed by atoms with Crippen LogP contribution in [0.25, 0.3) is 0 Å². The van der Waals surface area contributed by atoms with Crippen LogP contribution in [-0.2, 0) is 21.4 Å². The van der Waals surface area contributed by atoms with Crippen LogP contribution < -0.4 is 0 Å². The lowest BCUT2D eigenvalue weighted by atomic mass is 9.96. The van der Waals surface area contributed by atoms with Crippen LogP contribution in [-0.4, -0.2) is 43.7 Å². The molecule has 1 amide bonds. The number of benzene rings is 1. The Kier molecular flexibility index (Phi) is 6.51. The van der Waals surface area contributed by atoms with Crippen LogP contribution in [0.5, 0.6) is 0 Å². The number of aryl methyl sites for hydroxylation is 2. The standard InChI is InChI=1S/C22H30N2O3S2/c1-15-13-16(2)18(4)21(17(15)3)29(26,27)24-10-8-19(9-11-24)22(25)23(5)14-20-7-6-12-28-20/h6-7,12-13,19H,8-11,14H2,1-5H3. The van der Waals surface area contributed by atoms with Crippen molar-refractivity contribution in [2.75, 3.05) is 20.1 Å². The smallest absolute Gasteiger partial charge is 0.243 e. The van der Waals surface area contributed by atoms with Crippen molar-refractivity contribution in [1.82, 2.24) is 9.21 Å². The van der Waals surface area contributed by atoms with Crippen molar-refractivity contribution in [1.29, 1.82) is 0 Å². The average molecular weight is 435 g/mol. The van der Waals surface area contributed by atoms with Crippen molar-refractivity contribution >= 4 is 27.3 Å². The van der Waals surface area contributed by atoms with Crippen LogP contribution in [0.2, 0.25) is 0 Å². The van der Waals surface area contributed by atoms with Crippen molar-refractivity contribution in [3.63, 3.8) is 0 Å². The molecular formula is C22H30N2O3S2. The maximum absolute atomic E-state index is 13.4. The maximum Gasteiger partial charge on any atom is 0.243 e. The molecule has 1 saturated heterocycles. The zero-order valence-corrected chi connectivity index (χ0v) is 19.5. The fraction of sp³-hybridized carbons (Fsp3) is 0.500. The van der Waals surface area contributed by atoms with Gasteiger partial charge in [0.1, 0.15) is 0 Å². The highest BCUT2D eigenvalue weighted by atomic mass is 32.2. The van der Waals surface area contributed by atoms with E-state index in [0.29, 0.717) is 37.4 Å². The molecule has 1 aliphatic heterocycles. The van der Waals surface area contributed by atoms with Crippen LogP contribution in [0.4, 0.5) is 0 Å². The topological polar surface area (TPSA) is 57.7 Å². The molecule has 0 spiro atoms. The first-order valence-electron chi connectivity index (χ1n) is 9.97. The highest BCUT2D eigenvalue weighted by Gasteiger charge is 2.35. The van der Waals surface area contributed by atoms with Gasteiger partial charge in [0.05, 0.1) is 11.4 Å². The fourth-order valence-corrected chi connectivity index (χ4v) is 6.87. The summed E-state index contributed by atoms with van der Waals surface area (Å²) in [6.45, 7) is 9.05. The molecule has 0 radical (unpaired) electrons. The molecule has 1 aliphatic rings. The van der Waals surface area contributed by atoms with Gasteiger partial charge in [-0.3, -0.25) is 4.79 Å². The lowest BCUT2D eigenvalue weighted by Crippen LogP contribution is -2.43. The van der Waals surface area contributed by atoms with Crippen molar-refractivity contribution in [3.05, 3.63) is 50.7 Å². The number of carbonyl (C=O) groups is 1. The summed E-state index contributed by atoms with van der Waals surface area (Å²) in [6, 6.07) is 6.05.